The SMILES string of the molecule is CN(CCc1ccncc1)C(=O)C(=O)Nc1ccc(C(F)(F)F)cc1. The summed E-state index contributed by atoms with van der Waals surface area (Å²) < 4.78 is 37.5. The molecule has 25 heavy (non-hydrogen) atoms. The van der Waals surface area contributed by atoms with Gasteiger partial charge in [0.25, 0.3) is 0 Å². The summed E-state index contributed by atoms with van der Waals surface area (Å²) in [4.78, 5) is 29.1. The van der Waals surface area contributed by atoms with Crippen molar-refractivity contribution < 1.29 is 22.8 Å². The molecule has 0 radical (unpaired) electrons. The van der Waals surface area contributed by atoms with Crippen molar-refractivity contribution in [1.29, 1.82) is 0 Å². The van der Waals surface area contributed by atoms with Crippen molar-refractivity contribution in [3.8, 4) is 0 Å². The fraction of sp³-hybridized carbons (Fsp3) is 0.235. The molecule has 1 aromatic heterocycles. The van der Waals surface area contributed by atoms with Crippen LogP contribution in [0, 0.1) is 0 Å². The van der Waals surface area contributed by atoms with E-state index in [0.717, 1.165) is 29.8 Å². The van der Waals surface area contributed by atoms with E-state index in [1.165, 1.54) is 11.9 Å². The van der Waals surface area contributed by atoms with Gasteiger partial charge in [-0.25, -0.2) is 0 Å². The molecule has 1 aromatic carbocycles. The lowest BCUT2D eigenvalue weighted by Gasteiger charge is -2.16. The zero-order valence-corrected chi connectivity index (χ0v) is 13.4. The minimum atomic E-state index is -4.45. The van der Waals surface area contributed by atoms with Crippen LogP contribution in [0.4, 0.5) is 18.9 Å². The van der Waals surface area contributed by atoms with Crippen LogP contribution < -0.4 is 5.32 Å². The second-order valence-corrected chi connectivity index (χ2v) is 5.36. The average Bonchev–Trinajstić information content (AvgIpc) is 2.59. The normalized spacial score (nSPS) is 11.0. The Bertz CT molecular complexity index is 731. The molecule has 5 nitrogen and oxygen atoms in total. The molecule has 0 saturated carbocycles. The van der Waals surface area contributed by atoms with Crippen molar-refractivity contribution in [3.05, 3.63) is 59.9 Å². The maximum Gasteiger partial charge on any atom is 0.416 e. The van der Waals surface area contributed by atoms with E-state index < -0.39 is 23.6 Å². The summed E-state index contributed by atoms with van der Waals surface area (Å²) in [5, 5.41) is 2.29. The van der Waals surface area contributed by atoms with Gasteiger partial charge in [-0.3, -0.25) is 14.6 Å². The fourth-order valence-electron chi connectivity index (χ4n) is 2.05. The summed E-state index contributed by atoms with van der Waals surface area (Å²) in [7, 11) is 1.48. The number of alkyl halides is 3. The molecule has 0 saturated heterocycles. The van der Waals surface area contributed by atoms with Crippen molar-refractivity contribution in [2.75, 3.05) is 18.9 Å². The van der Waals surface area contributed by atoms with Gasteiger partial charge in [0.1, 0.15) is 0 Å². The zero-order valence-electron chi connectivity index (χ0n) is 13.4. The molecule has 1 heterocycles. The molecule has 0 aliphatic carbocycles. The lowest BCUT2D eigenvalue weighted by molar-refractivity contribution is -0.142. The molecule has 0 aliphatic rings. The largest absolute Gasteiger partial charge is 0.416 e. The first-order valence-electron chi connectivity index (χ1n) is 7.40. The molecule has 132 valence electrons. The number of amides is 2. The predicted octanol–water partition coefficient (Wildman–Crippen LogP) is 2.74. The van der Waals surface area contributed by atoms with E-state index in [1.807, 2.05) is 0 Å². The number of nitrogens with one attached hydrogen (secondary N) is 1. The zero-order chi connectivity index (χ0) is 18.4. The number of halogens is 3. The van der Waals surface area contributed by atoms with Crippen molar-refractivity contribution in [2.24, 2.45) is 0 Å². The summed E-state index contributed by atoms with van der Waals surface area (Å²) in [5.74, 6) is -1.68. The first-order valence-corrected chi connectivity index (χ1v) is 7.40. The number of nitrogens with zero attached hydrogens (tertiary/aromatic N) is 2. The third kappa shape index (κ3) is 5.30. The number of anilines is 1. The molecular weight excluding hydrogens is 335 g/mol. The molecule has 0 spiro atoms. The van der Waals surface area contributed by atoms with E-state index in [4.69, 9.17) is 0 Å². The van der Waals surface area contributed by atoms with Crippen LogP contribution in [0.2, 0.25) is 0 Å². The summed E-state index contributed by atoms with van der Waals surface area (Å²) in [6.07, 6.45) is -0.632. The number of carbonyl (C=O) groups excluding carboxylic acids is 2. The molecule has 0 atom stereocenters. The van der Waals surface area contributed by atoms with E-state index in [0.29, 0.717) is 13.0 Å². The highest BCUT2D eigenvalue weighted by Crippen LogP contribution is 2.29. The van der Waals surface area contributed by atoms with Gasteiger partial charge in [-0.05, 0) is 48.4 Å². The van der Waals surface area contributed by atoms with Crippen molar-refractivity contribution in [2.45, 2.75) is 12.6 Å². The van der Waals surface area contributed by atoms with Crippen LogP contribution in [0.25, 0.3) is 0 Å². The van der Waals surface area contributed by atoms with E-state index in [-0.39, 0.29) is 5.69 Å². The minimum Gasteiger partial charge on any atom is -0.337 e. The fourth-order valence-corrected chi connectivity index (χ4v) is 2.05. The molecule has 0 bridgehead atoms. The van der Waals surface area contributed by atoms with Gasteiger partial charge in [-0.15, -0.1) is 0 Å². The first-order chi connectivity index (χ1) is 11.8. The highest BCUT2D eigenvalue weighted by atomic mass is 19.4. The molecule has 2 aromatic rings. The third-order valence-corrected chi connectivity index (χ3v) is 3.50. The van der Waals surface area contributed by atoms with Crippen LogP contribution in [-0.2, 0) is 22.2 Å². The van der Waals surface area contributed by atoms with Crippen LogP contribution in [0.15, 0.2) is 48.8 Å². The third-order valence-electron chi connectivity index (χ3n) is 3.50. The maximum atomic E-state index is 12.5. The number of hydrogen-bond donors (Lipinski definition) is 1. The summed E-state index contributed by atoms with van der Waals surface area (Å²) in [6, 6.07) is 7.50. The van der Waals surface area contributed by atoms with Gasteiger partial charge in [0.2, 0.25) is 0 Å². The van der Waals surface area contributed by atoms with E-state index in [2.05, 4.69) is 10.3 Å². The van der Waals surface area contributed by atoms with Crippen LogP contribution >= 0.6 is 0 Å². The molecule has 2 rings (SSSR count). The van der Waals surface area contributed by atoms with E-state index in [9.17, 15) is 22.8 Å². The average molecular weight is 351 g/mol. The highest BCUT2D eigenvalue weighted by molar-refractivity contribution is 6.39. The van der Waals surface area contributed by atoms with Gasteiger partial charge < -0.3 is 10.2 Å². The summed E-state index contributed by atoms with van der Waals surface area (Å²) >= 11 is 0. The number of hydrogen-bond acceptors (Lipinski definition) is 3. The molecule has 0 aliphatic heterocycles. The monoisotopic (exact) mass is 351 g/mol. The summed E-state index contributed by atoms with van der Waals surface area (Å²) in [6.45, 7) is 0.323. The van der Waals surface area contributed by atoms with Gasteiger partial charge in [0.15, 0.2) is 0 Å². The number of rotatable bonds is 4. The lowest BCUT2D eigenvalue weighted by atomic mass is 10.2. The molecule has 2 amide bonds. The molecule has 0 fully saturated rings. The van der Waals surface area contributed by atoms with Gasteiger partial charge in [0, 0.05) is 31.7 Å². The Labute approximate surface area is 142 Å². The minimum absolute atomic E-state index is 0.119. The van der Waals surface area contributed by atoms with Gasteiger partial charge >= 0.3 is 18.0 Å². The van der Waals surface area contributed by atoms with E-state index >= 15 is 0 Å². The second-order valence-electron chi connectivity index (χ2n) is 5.36. The Morgan fingerprint density at radius 2 is 1.68 bits per heavy atom. The molecule has 8 heteroatoms. The highest BCUT2D eigenvalue weighted by Gasteiger charge is 2.30. The van der Waals surface area contributed by atoms with Gasteiger partial charge in [-0.1, -0.05) is 0 Å². The van der Waals surface area contributed by atoms with Crippen LogP contribution in [0.1, 0.15) is 11.1 Å². The van der Waals surface area contributed by atoms with E-state index in [1.54, 1.807) is 24.5 Å². The van der Waals surface area contributed by atoms with Gasteiger partial charge in [-0.2, -0.15) is 13.2 Å². The quantitative estimate of drug-likeness (QED) is 0.862. The predicted molar refractivity (Wildman–Crippen MR) is 85.7 cm³/mol. The Morgan fingerprint density at radius 1 is 1.08 bits per heavy atom. The number of benzene rings is 1. The Hall–Kier alpha value is -2.90. The van der Waals surface area contributed by atoms with Crippen molar-refractivity contribution in [1.82, 2.24) is 9.88 Å². The summed E-state index contributed by atoms with van der Waals surface area (Å²) in [5.41, 5.74) is 0.262. The number of aromatic nitrogens is 1. The molecular formula is C17H16F3N3O2. The first kappa shape index (κ1) is 18.4. The molecule has 1 N–H and O–H groups in total. The number of carbonyl (C=O) groups is 2. The second kappa shape index (κ2) is 7.78. The maximum absolute atomic E-state index is 12.5. The Kier molecular flexibility index (Phi) is 5.74. The van der Waals surface area contributed by atoms with Crippen molar-refractivity contribution >= 4 is 17.5 Å². The Balaban J connectivity index is 1.90. The number of likely N-dealkylation sites (N-methyl/N-ethyl adjacent to an activating group) is 1. The topological polar surface area (TPSA) is 62.3 Å². The standard InChI is InChI=1S/C17H16F3N3O2/c1-23(11-8-12-6-9-21-10-7-12)16(25)15(24)22-14-4-2-13(3-5-14)17(18,19)20/h2-7,9-10H,8,11H2,1H3,(H,22,24). The smallest absolute Gasteiger partial charge is 0.337 e. The van der Waals surface area contributed by atoms with Crippen LogP contribution in [0.3, 0.4) is 0 Å². The Morgan fingerprint density at radius 3 is 2.24 bits per heavy atom. The number of pyridine rings is 1. The van der Waals surface area contributed by atoms with Gasteiger partial charge in [0.05, 0.1) is 5.56 Å². The van der Waals surface area contributed by atoms with Crippen LogP contribution in [-0.4, -0.2) is 35.3 Å². The molecule has 0 unspecified atom stereocenters. The van der Waals surface area contributed by atoms with Crippen LogP contribution in [0.5, 0.6) is 0 Å². The van der Waals surface area contributed by atoms with Crippen molar-refractivity contribution in [3.63, 3.8) is 0 Å². The lowest BCUT2D eigenvalue weighted by Crippen LogP contribution is -2.38.